The van der Waals surface area contributed by atoms with Gasteiger partial charge in [-0.15, -0.1) is 0 Å². The summed E-state index contributed by atoms with van der Waals surface area (Å²) in [4.78, 5) is 17.6. The molecule has 3 aromatic rings. The van der Waals surface area contributed by atoms with E-state index in [1.807, 2.05) is 48.7 Å². The Kier molecular flexibility index (Phi) is 3.68. The molecular formula is C21H21N3O2. The van der Waals surface area contributed by atoms with E-state index in [1.54, 1.807) is 6.26 Å². The Bertz CT molecular complexity index is 901. The number of carbonyl (C=O) groups excluding carboxylic acids is 1. The number of hydrogen-bond acceptors (Lipinski definition) is 3. The summed E-state index contributed by atoms with van der Waals surface area (Å²) in [5.41, 5.74) is 1.96. The lowest BCUT2D eigenvalue weighted by Crippen LogP contribution is -2.49. The van der Waals surface area contributed by atoms with Gasteiger partial charge in [0.2, 0.25) is 0 Å². The monoisotopic (exact) mass is 347 g/mol. The molecule has 2 atom stereocenters. The van der Waals surface area contributed by atoms with Crippen molar-refractivity contribution >= 4 is 5.91 Å². The lowest BCUT2D eigenvalue weighted by Gasteiger charge is -2.38. The minimum Gasteiger partial charge on any atom is -0.468 e. The highest BCUT2D eigenvalue weighted by molar-refractivity contribution is 5.94. The molecule has 0 saturated carbocycles. The highest BCUT2D eigenvalue weighted by Crippen LogP contribution is 2.35. The van der Waals surface area contributed by atoms with E-state index in [1.165, 1.54) is 5.56 Å². The largest absolute Gasteiger partial charge is 0.468 e. The molecule has 1 aromatic carbocycles. The van der Waals surface area contributed by atoms with Crippen molar-refractivity contribution in [2.24, 2.45) is 0 Å². The third kappa shape index (κ3) is 2.56. The van der Waals surface area contributed by atoms with E-state index >= 15 is 0 Å². The maximum atomic E-state index is 13.1. The van der Waals surface area contributed by atoms with Gasteiger partial charge in [0.25, 0.3) is 5.91 Å². The average Bonchev–Trinajstić information content (AvgIpc) is 3.40. The lowest BCUT2D eigenvalue weighted by atomic mass is 10.0. The van der Waals surface area contributed by atoms with E-state index in [2.05, 4.69) is 26.5 Å². The number of furan rings is 1. The molecule has 132 valence electrons. The molecule has 5 nitrogen and oxygen atoms in total. The van der Waals surface area contributed by atoms with Crippen LogP contribution in [0, 0.1) is 0 Å². The van der Waals surface area contributed by atoms with Crippen LogP contribution in [0.25, 0.3) is 0 Å². The summed E-state index contributed by atoms with van der Waals surface area (Å²) >= 11 is 0. The van der Waals surface area contributed by atoms with E-state index < -0.39 is 0 Å². The number of carbonyl (C=O) groups is 1. The van der Waals surface area contributed by atoms with Gasteiger partial charge >= 0.3 is 0 Å². The molecule has 1 fully saturated rings. The fourth-order valence-electron chi connectivity index (χ4n) is 4.31. The van der Waals surface area contributed by atoms with Crippen LogP contribution in [0.5, 0.6) is 0 Å². The summed E-state index contributed by atoms with van der Waals surface area (Å²) in [6.45, 7) is 3.22. The van der Waals surface area contributed by atoms with Crippen LogP contribution in [0.15, 0.2) is 71.5 Å². The molecule has 5 heteroatoms. The summed E-state index contributed by atoms with van der Waals surface area (Å²) in [5, 5.41) is 0. The zero-order chi connectivity index (χ0) is 17.5. The standard InChI is InChI=1S/C21H21N3O2/c25-21-18-9-4-10-23(18)19-14-22(13-17-8-5-11-26-17)15-20(19)24(21)12-16-6-2-1-3-7-16/h1-11,19-20H,12-15H2. The Balaban J connectivity index is 1.45. The molecule has 4 heterocycles. The van der Waals surface area contributed by atoms with Gasteiger partial charge < -0.3 is 13.9 Å². The average molecular weight is 347 g/mol. The molecule has 2 unspecified atom stereocenters. The van der Waals surface area contributed by atoms with Crippen LogP contribution in [-0.2, 0) is 13.1 Å². The first-order valence-corrected chi connectivity index (χ1v) is 9.06. The van der Waals surface area contributed by atoms with Crippen LogP contribution in [-0.4, -0.2) is 39.4 Å². The predicted octanol–water partition coefficient (Wildman–Crippen LogP) is 3.16. The second-order valence-electron chi connectivity index (χ2n) is 7.13. The Morgan fingerprint density at radius 1 is 0.923 bits per heavy atom. The highest BCUT2D eigenvalue weighted by Gasteiger charge is 2.44. The quantitative estimate of drug-likeness (QED) is 0.728. The maximum absolute atomic E-state index is 13.1. The van der Waals surface area contributed by atoms with E-state index in [4.69, 9.17) is 4.42 Å². The molecule has 2 aliphatic rings. The van der Waals surface area contributed by atoms with Crippen molar-refractivity contribution < 1.29 is 9.21 Å². The molecule has 26 heavy (non-hydrogen) atoms. The van der Waals surface area contributed by atoms with Crippen molar-refractivity contribution in [3.05, 3.63) is 84.1 Å². The Hall–Kier alpha value is -2.79. The summed E-state index contributed by atoms with van der Waals surface area (Å²) in [7, 11) is 0. The van der Waals surface area contributed by atoms with Gasteiger partial charge in [-0.3, -0.25) is 9.69 Å². The minimum atomic E-state index is 0.125. The first-order valence-electron chi connectivity index (χ1n) is 9.06. The van der Waals surface area contributed by atoms with E-state index in [9.17, 15) is 4.79 Å². The zero-order valence-electron chi connectivity index (χ0n) is 14.5. The van der Waals surface area contributed by atoms with Gasteiger partial charge in [-0.2, -0.15) is 0 Å². The van der Waals surface area contributed by atoms with Gasteiger partial charge in [-0.1, -0.05) is 30.3 Å². The molecule has 0 spiro atoms. The molecule has 1 saturated heterocycles. The third-order valence-electron chi connectivity index (χ3n) is 5.51. The number of fused-ring (bicyclic) bond motifs is 3. The molecule has 0 bridgehead atoms. The zero-order valence-corrected chi connectivity index (χ0v) is 14.5. The molecule has 5 rings (SSSR count). The van der Waals surface area contributed by atoms with Crippen LogP contribution in [0.4, 0.5) is 0 Å². The summed E-state index contributed by atoms with van der Waals surface area (Å²) in [6, 6.07) is 18.6. The SMILES string of the molecule is O=C1c2cccn2C2CN(Cc3ccco3)CC2N1Cc1ccccc1. The van der Waals surface area contributed by atoms with Crippen LogP contribution in [0.3, 0.4) is 0 Å². The Labute approximate surface area is 152 Å². The van der Waals surface area contributed by atoms with Gasteiger partial charge in [0, 0.05) is 25.8 Å². The van der Waals surface area contributed by atoms with Crippen molar-refractivity contribution in [3.8, 4) is 0 Å². The van der Waals surface area contributed by atoms with Crippen LogP contribution >= 0.6 is 0 Å². The molecule has 0 radical (unpaired) electrons. The molecule has 2 aromatic heterocycles. The van der Waals surface area contributed by atoms with Crippen molar-refractivity contribution in [1.29, 1.82) is 0 Å². The number of rotatable bonds is 4. The molecular weight excluding hydrogens is 326 g/mol. The Morgan fingerprint density at radius 2 is 1.77 bits per heavy atom. The van der Waals surface area contributed by atoms with Crippen molar-refractivity contribution in [3.63, 3.8) is 0 Å². The number of amides is 1. The van der Waals surface area contributed by atoms with Crippen LogP contribution in [0.2, 0.25) is 0 Å². The molecule has 0 N–H and O–H groups in total. The number of hydrogen-bond donors (Lipinski definition) is 0. The predicted molar refractivity (Wildman–Crippen MR) is 97.6 cm³/mol. The number of nitrogens with zero attached hydrogens (tertiary/aromatic N) is 3. The van der Waals surface area contributed by atoms with E-state index in [0.29, 0.717) is 6.54 Å². The van der Waals surface area contributed by atoms with Gasteiger partial charge in [-0.25, -0.2) is 0 Å². The summed E-state index contributed by atoms with van der Waals surface area (Å²) in [6.07, 6.45) is 3.76. The first kappa shape index (κ1) is 15.5. The van der Waals surface area contributed by atoms with E-state index in [0.717, 1.165) is 31.1 Å². The first-order chi connectivity index (χ1) is 12.8. The normalized spacial score (nSPS) is 22.5. The third-order valence-corrected chi connectivity index (χ3v) is 5.51. The number of benzene rings is 1. The smallest absolute Gasteiger partial charge is 0.271 e. The highest BCUT2D eigenvalue weighted by atomic mass is 16.3. The summed E-state index contributed by atoms with van der Waals surface area (Å²) in [5.74, 6) is 1.09. The topological polar surface area (TPSA) is 41.6 Å². The lowest BCUT2D eigenvalue weighted by molar-refractivity contribution is 0.0556. The number of likely N-dealkylation sites (tertiary alicyclic amines) is 1. The van der Waals surface area contributed by atoms with Crippen molar-refractivity contribution in [2.45, 2.75) is 25.2 Å². The second-order valence-corrected chi connectivity index (χ2v) is 7.13. The number of aromatic nitrogens is 1. The van der Waals surface area contributed by atoms with E-state index in [-0.39, 0.29) is 18.0 Å². The van der Waals surface area contributed by atoms with Gasteiger partial charge in [0.1, 0.15) is 11.5 Å². The van der Waals surface area contributed by atoms with Crippen LogP contribution in [0.1, 0.15) is 27.9 Å². The molecule has 0 aliphatic carbocycles. The fraction of sp³-hybridized carbons (Fsp3) is 0.286. The van der Waals surface area contributed by atoms with Crippen LogP contribution < -0.4 is 0 Å². The minimum absolute atomic E-state index is 0.125. The second kappa shape index (κ2) is 6.18. The molecule has 1 amide bonds. The van der Waals surface area contributed by atoms with Gasteiger partial charge in [0.05, 0.1) is 24.9 Å². The Morgan fingerprint density at radius 3 is 2.58 bits per heavy atom. The molecule has 2 aliphatic heterocycles. The van der Waals surface area contributed by atoms with Gasteiger partial charge in [-0.05, 0) is 29.8 Å². The van der Waals surface area contributed by atoms with Crippen molar-refractivity contribution in [2.75, 3.05) is 13.1 Å². The van der Waals surface area contributed by atoms with Crippen molar-refractivity contribution in [1.82, 2.24) is 14.4 Å². The van der Waals surface area contributed by atoms with Gasteiger partial charge in [0.15, 0.2) is 0 Å². The maximum Gasteiger partial charge on any atom is 0.271 e. The summed E-state index contributed by atoms with van der Waals surface area (Å²) < 4.78 is 7.68. The fourth-order valence-corrected chi connectivity index (χ4v) is 4.31.